The predicted octanol–water partition coefficient (Wildman–Crippen LogP) is 3.86. The number of rotatable bonds is 7. The second-order valence-electron chi connectivity index (χ2n) is 4.18. The Labute approximate surface area is 79.7 Å². The van der Waals surface area contributed by atoms with Crippen LogP contribution in [-0.4, -0.2) is 6.16 Å². The summed E-state index contributed by atoms with van der Waals surface area (Å²) in [4.78, 5) is 0. The van der Waals surface area contributed by atoms with Gasteiger partial charge in [0.15, 0.2) is 0 Å². The summed E-state index contributed by atoms with van der Waals surface area (Å²) in [5.41, 5.74) is 0. The molecule has 72 valence electrons. The van der Waals surface area contributed by atoms with Crippen LogP contribution in [-0.2, 0) is 0 Å². The Bertz CT molecular complexity index is 112. The molecule has 1 aliphatic carbocycles. The van der Waals surface area contributed by atoms with Crippen molar-refractivity contribution in [3.05, 3.63) is 0 Å². The first-order chi connectivity index (χ1) is 5.88. The maximum atomic E-state index is 2.83. The summed E-state index contributed by atoms with van der Waals surface area (Å²) in [7, 11) is 2.83. The third kappa shape index (κ3) is 3.90. The topological polar surface area (TPSA) is 0 Å². The van der Waals surface area contributed by atoms with E-state index in [4.69, 9.17) is 0 Å². The lowest BCUT2D eigenvalue weighted by Crippen LogP contribution is -1.85. The third-order valence-corrected chi connectivity index (χ3v) is 3.43. The lowest BCUT2D eigenvalue weighted by molar-refractivity contribution is 0.561. The van der Waals surface area contributed by atoms with E-state index in [1.165, 1.54) is 44.7 Å². The first kappa shape index (κ1) is 10.5. The third-order valence-electron chi connectivity index (χ3n) is 3.03. The monoisotopic (exact) mass is 186 g/mol. The fourth-order valence-electron chi connectivity index (χ4n) is 2.05. The molecule has 1 aliphatic rings. The second-order valence-corrected chi connectivity index (χ2v) is 4.76. The number of hydrogen-bond donors (Lipinski definition) is 0. The van der Waals surface area contributed by atoms with Crippen LogP contribution in [0, 0.1) is 11.8 Å². The molecule has 1 rings (SSSR count). The molecule has 0 aliphatic heterocycles. The van der Waals surface area contributed by atoms with E-state index >= 15 is 0 Å². The smallest absolute Gasteiger partial charge is 0.0381 e. The van der Waals surface area contributed by atoms with Crippen LogP contribution < -0.4 is 0 Å². The Morgan fingerprint density at radius 1 is 1.08 bits per heavy atom. The molecule has 0 spiro atoms. The van der Waals surface area contributed by atoms with Crippen molar-refractivity contribution in [1.82, 2.24) is 0 Å². The first-order valence-electron chi connectivity index (χ1n) is 5.58. The highest BCUT2D eigenvalue weighted by Crippen LogP contribution is 2.45. The molecule has 1 fully saturated rings. The van der Waals surface area contributed by atoms with Crippen LogP contribution >= 0.6 is 9.24 Å². The average molecular weight is 186 g/mol. The highest BCUT2D eigenvalue weighted by Gasteiger charge is 2.34. The number of unbranched alkanes of at least 4 members (excludes halogenated alkanes) is 2. The molecular formula is C11H23P. The van der Waals surface area contributed by atoms with Gasteiger partial charge in [0.25, 0.3) is 0 Å². The van der Waals surface area contributed by atoms with Gasteiger partial charge in [-0.05, 0) is 37.3 Å². The van der Waals surface area contributed by atoms with E-state index in [2.05, 4.69) is 16.2 Å². The lowest BCUT2D eigenvalue weighted by Gasteiger charge is -1.98. The summed E-state index contributed by atoms with van der Waals surface area (Å²) in [6.45, 7) is 2.29. The van der Waals surface area contributed by atoms with Crippen molar-refractivity contribution < 1.29 is 0 Å². The van der Waals surface area contributed by atoms with Crippen molar-refractivity contribution in [2.45, 2.75) is 51.9 Å². The van der Waals surface area contributed by atoms with Crippen molar-refractivity contribution in [2.75, 3.05) is 6.16 Å². The van der Waals surface area contributed by atoms with E-state index < -0.39 is 0 Å². The fraction of sp³-hybridized carbons (Fsp3) is 1.00. The average Bonchev–Trinajstić information content (AvgIpc) is 2.81. The maximum absolute atomic E-state index is 2.83. The van der Waals surface area contributed by atoms with E-state index in [1.807, 2.05) is 0 Å². The maximum Gasteiger partial charge on any atom is -0.0381 e. The molecule has 0 heterocycles. The summed E-state index contributed by atoms with van der Waals surface area (Å²) in [6.07, 6.45) is 11.6. The molecule has 0 aromatic heterocycles. The van der Waals surface area contributed by atoms with Gasteiger partial charge in [0.05, 0.1) is 0 Å². The highest BCUT2D eigenvalue weighted by molar-refractivity contribution is 7.16. The standard InChI is InChI=1S/C11H23P/c1-2-3-4-6-10-9-11(10)7-5-8-12/h10-11H,2-9,12H2,1H3. The Kier molecular flexibility index (Phi) is 5.23. The van der Waals surface area contributed by atoms with Crippen LogP contribution in [0.15, 0.2) is 0 Å². The fourth-order valence-corrected chi connectivity index (χ4v) is 2.29. The molecule has 12 heavy (non-hydrogen) atoms. The molecule has 0 nitrogen and oxygen atoms in total. The zero-order valence-corrected chi connectivity index (χ0v) is 9.54. The SMILES string of the molecule is CCCCCC1CC1CCCP. The quantitative estimate of drug-likeness (QED) is 0.418. The highest BCUT2D eigenvalue weighted by atomic mass is 31.0. The van der Waals surface area contributed by atoms with Crippen molar-refractivity contribution >= 4 is 9.24 Å². The molecule has 0 saturated heterocycles. The lowest BCUT2D eigenvalue weighted by atomic mass is 10.1. The van der Waals surface area contributed by atoms with Crippen molar-refractivity contribution in [1.29, 1.82) is 0 Å². The summed E-state index contributed by atoms with van der Waals surface area (Å²) >= 11 is 0. The van der Waals surface area contributed by atoms with Crippen LogP contribution in [0.3, 0.4) is 0 Å². The van der Waals surface area contributed by atoms with Gasteiger partial charge >= 0.3 is 0 Å². The van der Waals surface area contributed by atoms with Gasteiger partial charge in [-0.3, -0.25) is 0 Å². The van der Waals surface area contributed by atoms with Gasteiger partial charge < -0.3 is 0 Å². The van der Waals surface area contributed by atoms with Gasteiger partial charge in [-0.1, -0.05) is 32.6 Å². The Morgan fingerprint density at radius 2 is 1.75 bits per heavy atom. The molecule has 0 radical (unpaired) electrons. The van der Waals surface area contributed by atoms with E-state index in [0.717, 1.165) is 11.8 Å². The zero-order chi connectivity index (χ0) is 8.81. The molecule has 0 N–H and O–H groups in total. The summed E-state index contributed by atoms with van der Waals surface area (Å²) < 4.78 is 0. The van der Waals surface area contributed by atoms with Crippen LogP contribution in [0.25, 0.3) is 0 Å². The molecule has 1 saturated carbocycles. The molecule has 1 heteroatoms. The van der Waals surface area contributed by atoms with Crippen LogP contribution in [0.1, 0.15) is 51.9 Å². The molecule has 0 aromatic carbocycles. The summed E-state index contributed by atoms with van der Waals surface area (Å²) in [6, 6.07) is 0. The van der Waals surface area contributed by atoms with E-state index in [-0.39, 0.29) is 0 Å². The minimum Gasteiger partial charge on any atom is -0.138 e. The van der Waals surface area contributed by atoms with Crippen molar-refractivity contribution in [3.63, 3.8) is 0 Å². The van der Waals surface area contributed by atoms with Crippen molar-refractivity contribution in [3.8, 4) is 0 Å². The minimum absolute atomic E-state index is 1.13. The normalized spacial score (nSPS) is 27.5. The summed E-state index contributed by atoms with van der Waals surface area (Å²) in [5.74, 6) is 2.26. The van der Waals surface area contributed by atoms with Crippen LogP contribution in [0.5, 0.6) is 0 Å². The van der Waals surface area contributed by atoms with Gasteiger partial charge in [-0.2, -0.15) is 0 Å². The molecule has 0 amide bonds. The predicted molar refractivity (Wildman–Crippen MR) is 59.6 cm³/mol. The number of hydrogen-bond acceptors (Lipinski definition) is 0. The Morgan fingerprint density at radius 3 is 2.33 bits per heavy atom. The molecule has 3 atom stereocenters. The van der Waals surface area contributed by atoms with E-state index in [9.17, 15) is 0 Å². The van der Waals surface area contributed by atoms with Crippen LogP contribution in [0.4, 0.5) is 0 Å². The molecule has 0 bridgehead atoms. The minimum atomic E-state index is 1.13. The van der Waals surface area contributed by atoms with Crippen LogP contribution in [0.2, 0.25) is 0 Å². The van der Waals surface area contributed by atoms with Crippen molar-refractivity contribution in [2.24, 2.45) is 11.8 Å². The Balaban J connectivity index is 1.86. The van der Waals surface area contributed by atoms with Gasteiger partial charge in [-0.25, -0.2) is 0 Å². The van der Waals surface area contributed by atoms with Gasteiger partial charge in [-0.15, -0.1) is 9.24 Å². The zero-order valence-electron chi connectivity index (χ0n) is 8.39. The Hall–Kier alpha value is 0.430. The van der Waals surface area contributed by atoms with Gasteiger partial charge in [0.1, 0.15) is 0 Å². The van der Waals surface area contributed by atoms with Gasteiger partial charge in [0, 0.05) is 0 Å². The summed E-state index contributed by atoms with van der Waals surface area (Å²) in [5, 5.41) is 0. The second kappa shape index (κ2) is 5.97. The largest absolute Gasteiger partial charge is 0.138 e. The molecular weight excluding hydrogens is 163 g/mol. The molecule has 0 aromatic rings. The van der Waals surface area contributed by atoms with Gasteiger partial charge in [0.2, 0.25) is 0 Å². The van der Waals surface area contributed by atoms with E-state index in [0.29, 0.717) is 0 Å². The molecule has 3 unspecified atom stereocenters. The first-order valence-corrected chi connectivity index (χ1v) is 6.40. The van der Waals surface area contributed by atoms with E-state index in [1.54, 1.807) is 6.42 Å².